The van der Waals surface area contributed by atoms with Gasteiger partial charge in [0.05, 0.1) is 54.7 Å². The average Bonchev–Trinajstić information content (AvgIpc) is 3.13. The standard InChI is InChI=1S/C43H74N2O14/c1-24-21-29(19-20-46)39(59-42-37(49)36(45(9)10)38(27(4)56-42)58-35-23-43(6,51)41(50)28(5)55-35)40(52-11)31(47)22-33(48)53-25(2)15-13-12-14-16-32(24)57-34-18-17-30(44(7)8)26(3)54-34/h12-14,16,20,24-32,34-42,47,49-51H,15,17-19,21-23H2,1-11H3/b13-12+,16-14+/t24-,25-,26-,27-,28+,29-,30+,31-,32?,34+,35+,36-,37-,38-,39-,40+,41+,42-,43-/m1/s1. The van der Waals surface area contributed by atoms with E-state index in [1.54, 1.807) is 39.8 Å². The number of aliphatic hydroxyl groups is 4. The molecule has 19 atom stereocenters. The minimum Gasteiger partial charge on any atom is -0.462 e. The van der Waals surface area contributed by atoms with Gasteiger partial charge < -0.3 is 72.9 Å². The first kappa shape index (κ1) is 49.8. The van der Waals surface area contributed by atoms with Crippen LogP contribution in [0.5, 0.6) is 0 Å². The number of cyclic esters (lactones) is 1. The number of nitrogens with zero attached hydrogens (tertiary/aromatic N) is 2. The van der Waals surface area contributed by atoms with Crippen LogP contribution in [-0.2, 0) is 47.5 Å². The van der Waals surface area contributed by atoms with E-state index in [2.05, 4.69) is 4.90 Å². The number of esters is 1. The van der Waals surface area contributed by atoms with Crippen molar-refractivity contribution in [1.82, 2.24) is 9.80 Å². The lowest BCUT2D eigenvalue weighted by Crippen LogP contribution is -2.65. The summed E-state index contributed by atoms with van der Waals surface area (Å²) in [6.45, 7) is 10.8. The molecule has 0 amide bonds. The smallest absolute Gasteiger partial charge is 0.308 e. The topological polar surface area (TPSA) is 195 Å². The molecule has 0 aromatic heterocycles. The molecule has 4 heterocycles. The molecule has 4 aliphatic heterocycles. The predicted octanol–water partition coefficient (Wildman–Crippen LogP) is 2.33. The second-order valence-electron chi connectivity index (χ2n) is 17.8. The van der Waals surface area contributed by atoms with Gasteiger partial charge in [0.25, 0.3) is 0 Å². The number of aldehydes is 1. The Balaban J connectivity index is 1.66. The van der Waals surface area contributed by atoms with Crippen LogP contribution in [0.4, 0.5) is 0 Å². The molecule has 0 spiro atoms. The molecule has 4 aliphatic rings. The molecule has 4 N–H and O–H groups in total. The van der Waals surface area contributed by atoms with Gasteiger partial charge in [0.15, 0.2) is 18.9 Å². The molecule has 0 radical (unpaired) electrons. The highest BCUT2D eigenvalue weighted by Gasteiger charge is 2.52. The maximum Gasteiger partial charge on any atom is 0.308 e. The van der Waals surface area contributed by atoms with E-state index in [9.17, 15) is 30.0 Å². The van der Waals surface area contributed by atoms with Crippen molar-refractivity contribution in [3.63, 3.8) is 0 Å². The molecule has 0 bridgehead atoms. The van der Waals surface area contributed by atoms with Crippen molar-refractivity contribution in [2.24, 2.45) is 11.8 Å². The lowest BCUT2D eigenvalue weighted by Gasteiger charge is -2.50. The van der Waals surface area contributed by atoms with E-state index in [0.717, 1.165) is 12.7 Å². The number of carbonyl (C=O) groups excluding carboxylic acids is 2. The highest BCUT2D eigenvalue weighted by Crippen LogP contribution is 2.37. The summed E-state index contributed by atoms with van der Waals surface area (Å²) in [4.78, 5) is 29.5. The van der Waals surface area contributed by atoms with Gasteiger partial charge in [-0.25, -0.2) is 0 Å². The molecule has 3 saturated heterocycles. The van der Waals surface area contributed by atoms with Crippen LogP contribution in [0.2, 0.25) is 0 Å². The van der Waals surface area contributed by atoms with Crippen LogP contribution in [0, 0.1) is 11.8 Å². The molecule has 4 rings (SSSR count). The molecule has 59 heavy (non-hydrogen) atoms. The summed E-state index contributed by atoms with van der Waals surface area (Å²) < 4.78 is 50.0. The maximum atomic E-state index is 13.1. The minimum absolute atomic E-state index is 0.00885. The Morgan fingerprint density at radius 1 is 0.864 bits per heavy atom. The lowest BCUT2D eigenvalue weighted by molar-refractivity contribution is -0.344. The largest absolute Gasteiger partial charge is 0.462 e. The number of rotatable bonds is 11. The zero-order valence-electron chi connectivity index (χ0n) is 37.0. The molecule has 1 unspecified atom stereocenters. The number of allylic oxidation sites excluding steroid dienone is 2. The second-order valence-corrected chi connectivity index (χ2v) is 17.8. The number of hydrogen-bond acceptors (Lipinski definition) is 16. The van der Waals surface area contributed by atoms with Gasteiger partial charge in [0.1, 0.15) is 36.8 Å². The zero-order valence-corrected chi connectivity index (χ0v) is 37.0. The normalized spacial score (nSPS) is 45.8. The van der Waals surface area contributed by atoms with Crippen molar-refractivity contribution in [1.29, 1.82) is 0 Å². The SMILES string of the molecule is CO[C@@H]1[C@H](O[C@H]2O[C@H](C)[C@@H](O[C@H]3C[C@@](C)(O)[C@@H](O)[C@H](C)O3)[C@H](N(C)C)[C@H]2O)[C@H](CC=O)C[C@@H](C)C(O[C@H]2CC[C@H](N(C)C)[C@@H](C)O2)/C=C/C=C/C[C@@H](C)OC(=O)C[C@H]1O. The number of hydrogen-bond donors (Lipinski definition) is 4. The number of ether oxygens (including phenoxy) is 8. The summed E-state index contributed by atoms with van der Waals surface area (Å²) >= 11 is 0. The van der Waals surface area contributed by atoms with E-state index in [1.165, 1.54) is 14.0 Å². The van der Waals surface area contributed by atoms with Gasteiger partial charge in [-0.15, -0.1) is 0 Å². The Hall–Kier alpha value is -1.90. The van der Waals surface area contributed by atoms with E-state index in [4.69, 9.17) is 37.9 Å². The summed E-state index contributed by atoms with van der Waals surface area (Å²) in [5.74, 6) is -1.47. The quantitative estimate of drug-likeness (QED) is 0.175. The van der Waals surface area contributed by atoms with Crippen molar-refractivity contribution < 1.29 is 67.9 Å². The second kappa shape index (κ2) is 22.5. The van der Waals surface area contributed by atoms with Gasteiger partial charge in [-0.3, -0.25) is 4.79 Å². The fourth-order valence-corrected chi connectivity index (χ4v) is 9.10. The molecule has 0 saturated carbocycles. The highest BCUT2D eigenvalue weighted by molar-refractivity contribution is 5.70. The number of methoxy groups -OCH3 is 1. The molecular weight excluding hydrogens is 768 g/mol. The third kappa shape index (κ3) is 13.3. The molecule has 0 aromatic rings. The third-order valence-corrected chi connectivity index (χ3v) is 12.4. The number of likely N-dealkylation sites (N-methyl/N-ethyl adjacent to an activating group) is 2. The first-order valence-electron chi connectivity index (χ1n) is 21.3. The number of carbonyl (C=O) groups is 2. The van der Waals surface area contributed by atoms with Crippen molar-refractivity contribution in [2.75, 3.05) is 35.3 Å². The Morgan fingerprint density at radius 3 is 2.17 bits per heavy atom. The fraction of sp³-hybridized carbons (Fsp3) is 0.860. The third-order valence-electron chi connectivity index (χ3n) is 12.4. The van der Waals surface area contributed by atoms with Gasteiger partial charge in [-0.1, -0.05) is 31.2 Å². The van der Waals surface area contributed by atoms with E-state index in [0.29, 0.717) is 19.3 Å². The van der Waals surface area contributed by atoms with Crippen LogP contribution in [0.25, 0.3) is 0 Å². The summed E-state index contributed by atoms with van der Waals surface area (Å²) in [7, 11) is 9.03. The average molecular weight is 843 g/mol. The number of aliphatic hydroxyl groups excluding tert-OH is 3. The fourth-order valence-electron chi connectivity index (χ4n) is 9.10. The van der Waals surface area contributed by atoms with Gasteiger partial charge in [-0.05, 0) is 93.9 Å². The van der Waals surface area contributed by atoms with Crippen molar-refractivity contribution >= 4 is 12.3 Å². The van der Waals surface area contributed by atoms with Crippen molar-refractivity contribution in [2.45, 2.75) is 190 Å². The molecule has 16 heteroatoms. The van der Waals surface area contributed by atoms with E-state index >= 15 is 0 Å². The summed E-state index contributed by atoms with van der Waals surface area (Å²) in [5, 5.41) is 45.1. The van der Waals surface area contributed by atoms with Gasteiger partial charge in [-0.2, -0.15) is 0 Å². The predicted molar refractivity (Wildman–Crippen MR) is 217 cm³/mol. The first-order valence-corrected chi connectivity index (χ1v) is 21.3. The maximum absolute atomic E-state index is 13.1. The van der Waals surface area contributed by atoms with Crippen LogP contribution >= 0.6 is 0 Å². The Kier molecular flexibility index (Phi) is 18.9. The molecule has 0 aliphatic carbocycles. The van der Waals surface area contributed by atoms with Crippen molar-refractivity contribution in [3.8, 4) is 0 Å². The molecule has 16 nitrogen and oxygen atoms in total. The van der Waals surface area contributed by atoms with Gasteiger partial charge in [0.2, 0.25) is 0 Å². The minimum atomic E-state index is -1.47. The van der Waals surface area contributed by atoms with E-state index in [-0.39, 0.29) is 30.9 Å². The van der Waals surface area contributed by atoms with Crippen LogP contribution in [0.15, 0.2) is 24.3 Å². The zero-order chi connectivity index (χ0) is 43.8. The molecular formula is C43H74N2O14. The highest BCUT2D eigenvalue weighted by atomic mass is 16.7. The monoisotopic (exact) mass is 843 g/mol. The summed E-state index contributed by atoms with van der Waals surface area (Å²) in [6, 6.07) is -0.466. The van der Waals surface area contributed by atoms with Crippen LogP contribution in [0.3, 0.4) is 0 Å². The summed E-state index contributed by atoms with van der Waals surface area (Å²) in [5.41, 5.74) is -1.47. The Morgan fingerprint density at radius 2 is 1.56 bits per heavy atom. The molecule has 3 fully saturated rings. The van der Waals surface area contributed by atoms with E-state index in [1.807, 2.05) is 52.2 Å². The van der Waals surface area contributed by atoms with Crippen molar-refractivity contribution in [3.05, 3.63) is 24.3 Å². The summed E-state index contributed by atoms with van der Waals surface area (Å²) in [6.07, 6.45) is -1.56. The lowest BCUT2D eigenvalue weighted by atomic mass is 9.82. The molecule has 340 valence electrons. The van der Waals surface area contributed by atoms with Crippen LogP contribution < -0.4 is 0 Å². The van der Waals surface area contributed by atoms with Gasteiger partial charge >= 0.3 is 5.97 Å². The Labute approximate surface area is 351 Å². The van der Waals surface area contributed by atoms with E-state index < -0.39 is 110 Å². The Bertz CT molecular complexity index is 1370. The molecule has 0 aromatic carbocycles. The van der Waals surface area contributed by atoms with Gasteiger partial charge in [0, 0.05) is 32.4 Å². The van der Waals surface area contributed by atoms with Crippen LogP contribution in [0.1, 0.15) is 86.5 Å². The van der Waals surface area contributed by atoms with Crippen LogP contribution in [-0.4, -0.2) is 181 Å². The first-order chi connectivity index (χ1) is 27.8.